The average Bonchev–Trinajstić information content (AvgIpc) is 2.54. The molecule has 0 saturated heterocycles. The van der Waals surface area contributed by atoms with Crippen LogP contribution in [0.25, 0.3) is 0 Å². The van der Waals surface area contributed by atoms with E-state index in [9.17, 15) is 0 Å². The largest absolute Gasteiger partial charge is 0.324 e. The Labute approximate surface area is 96.4 Å². The minimum atomic E-state index is 0.0336. The van der Waals surface area contributed by atoms with Gasteiger partial charge in [-0.05, 0) is 41.9 Å². The van der Waals surface area contributed by atoms with Crippen molar-refractivity contribution >= 4 is 11.8 Å². The van der Waals surface area contributed by atoms with Crippen LogP contribution in [0.2, 0.25) is 0 Å². The highest BCUT2D eigenvalue weighted by Crippen LogP contribution is 2.31. The van der Waals surface area contributed by atoms with Crippen LogP contribution in [0, 0.1) is 0 Å². The predicted octanol–water partition coefficient (Wildman–Crippen LogP) is 2.63. The van der Waals surface area contributed by atoms with E-state index in [1.54, 1.807) is 0 Å². The molecule has 0 amide bonds. The van der Waals surface area contributed by atoms with Crippen molar-refractivity contribution in [3.8, 4) is 0 Å². The van der Waals surface area contributed by atoms with Crippen molar-refractivity contribution in [2.24, 2.45) is 5.73 Å². The molecule has 2 N–H and O–H groups in total. The van der Waals surface area contributed by atoms with Crippen molar-refractivity contribution < 1.29 is 0 Å². The Morgan fingerprint density at radius 3 is 2.40 bits per heavy atom. The first-order chi connectivity index (χ1) is 7.23. The van der Waals surface area contributed by atoms with E-state index < -0.39 is 0 Å². The number of nitrogens with two attached hydrogens (primary N) is 1. The second-order valence-electron chi connectivity index (χ2n) is 4.43. The molecule has 1 aliphatic rings. The van der Waals surface area contributed by atoms with Gasteiger partial charge in [0.1, 0.15) is 0 Å². The van der Waals surface area contributed by atoms with Crippen LogP contribution in [0.4, 0.5) is 0 Å². The van der Waals surface area contributed by atoms with Crippen molar-refractivity contribution in [2.75, 3.05) is 11.5 Å². The third-order valence-corrected chi connectivity index (χ3v) is 4.05. The minimum Gasteiger partial charge on any atom is -0.324 e. The quantitative estimate of drug-likeness (QED) is 0.791. The van der Waals surface area contributed by atoms with E-state index in [2.05, 4.69) is 31.2 Å². The normalized spacial score (nSPS) is 17.7. The van der Waals surface area contributed by atoms with E-state index in [0.29, 0.717) is 0 Å². The highest BCUT2D eigenvalue weighted by molar-refractivity contribution is 7.99. The lowest BCUT2D eigenvalue weighted by atomic mass is 9.94. The van der Waals surface area contributed by atoms with Gasteiger partial charge in [-0.1, -0.05) is 31.2 Å². The van der Waals surface area contributed by atoms with Crippen LogP contribution in [-0.2, 0) is 12.8 Å². The van der Waals surface area contributed by atoms with E-state index in [1.807, 2.05) is 11.8 Å². The fourth-order valence-corrected chi connectivity index (χ4v) is 3.16. The van der Waals surface area contributed by atoms with Gasteiger partial charge in [0, 0.05) is 5.54 Å². The molecule has 2 rings (SSSR count). The van der Waals surface area contributed by atoms with Gasteiger partial charge in [0.15, 0.2) is 0 Å². The standard InChI is InChI=1S/C13H19NS/c1-2-15-8-7-13(14)9-11-5-3-4-6-12(11)10-13/h3-6H,2,7-10,14H2,1H3. The summed E-state index contributed by atoms with van der Waals surface area (Å²) in [7, 11) is 0. The first-order valence-corrected chi connectivity index (χ1v) is 6.82. The molecule has 0 aromatic heterocycles. The van der Waals surface area contributed by atoms with Crippen molar-refractivity contribution in [3.05, 3.63) is 35.4 Å². The maximum Gasteiger partial charge on any atom is 0.0244 e. The van der Waals surface area contributed by atoms with Crippen LogP contribution in [0.1, 0.15) is 24.5 Å². The Balaban J connectivity index is 1.98. The van der Waals surface area contributed by atoms with Gasteiger partial charge < -0.3 is 5.73 Å². The Morgan fingerprint density at radius 2 is 1.87 bits per heavy atom. The molecule has 1 aromatic carbocycles. The zero-order valence-corrected chi connectivity index (χ0v) is 10.1. The topological polar surface area (TPSA) is 26.0 Å². The van der Waals surface area contributed by atoms with Gasteiger partial charge in [0.25, 0.3) is 0 Å². The van der Waals surface area contributed by atoms with E-state index in [1.165, 1.54) is 22.6 Å². The molecule has 0 radical (unpaired) electrons. The Morgan fingerprint density at radius 1 is 1.27 bits per heavy atom. The Hall–Kier alpha value is -0.470. The summed E-state index contributed by atoms with van der Waals surface area (Å²) in [6.45, 7) is 2.21. The molecule has 1 nitrogen and oxygen atoms in total. The van der Waals surface area contributed by atoms with Crippen molar-refractivity contribution in [3.63, 3.8) is 0 Å². The highest BCUT2D eigenvalue weighted by atomic mass is 32.2. The molecule has 2 heteroatoms. The molecule has 0 saturated carbocycles. The molecule has 1 aliphatic carbocycles. The monoisotopic (exact) mass is 221 g/mol. The summed E-state index contributed by atoms with van der Waals surface area (Å²) < 4.78 is 0. The van der Waals surface area contributed by atoms with Crippen LogP contribution < -0.4 is 5.73 Å². The maximum atomic E-state index is 6.44. The molecule has 0 bridgehead atoms. The third kappa shape index (κ3) is 2.56. The summed E-state index contributed by atoms with van der Waals surface area (Å²) in [6.07, 6.45) is 3.26. The van der Waals surface area contributed by atoms with Gasteiger partial charge in [-0.3, -0.25) is 0 Å². The molecule has 1 aromatic rings. The first kappa shape index (κ1) is 11.0. The molecule has 0 atom stereocenters. The van der Waals surface area contributed by atoms with Crippen LogP contribution in [0.15, 0.2) is 24.3 Å². The number of benzene rings is 1. The maximum absolute atomic E-state index is 6.44. The van der Waals surface area contributed by atoms with Gasteiger partial charge in [-0.2, -0.15) is 11.8 Å². The van der Waals surface area contributed by atoms with Crippen LogP contribution in [-0.4, -0.2) is 17.0 Å². The van der Waals surface area contributed by atoms with E-state index in [0.717, 1.165) is 19.3 Å². The summed E-state index contributed by atoms with van der Waals surface area (Å²) in [4.78, 5) is 0. The SMILES string of the molecule is CCSCCC1(N)Cc2ccccc2C1. The fourth-order valence-electron chi connectivity index (χ4n) is 2.32. The Bertz CT molecular complexity index is 310. The minimum absolute atomic E-state index is 0.0336. The van der Waals surface area contributed by atoms with E-state index in [4.69, 9.17) is 5.73 Å². The lowest BCUT2D eigenvalue weighted by molar-refractivity contribution is 0.437. The first-order valence-electron chi connectivity index (χ1n) is 5.67. The lowest BCUT2D eigenvalue weighted by Gasteiger charge is -2.23. The van der Waals surface area contributed by atoms with Crippen molar-refractivity contribution in [2.45, 2.75) is 31.7 Å². The summed E-state index contributed by atoms with van der Waals surface area (Å²) in [5.74, 6) is 2.39. The Kier molecular flexibility index (Phi) is 3.37. The third-order valence-electron chi connectivity index (χ3n) is 3.15. The summed E-state index contributed by atoms with van der Waals surface area (Å²) in [5.41, 5.74) is 9.39. The van der Waals surface area contributed by atoms with Crippen LogP contribution >= 0.6 is 11.8 Å². The van der Waals surface area contributed by atoms with Crippen LogP contribution in [0.3, 0.4) is 0 Å². The molecular formula is C13H19NS. The average molecular weight is 221 g/mol. The summed E-state index contributed by atoms with van der Waals surface area (Å²) >= 11 is 1.99. The molecule has 0 fully saturated rings. The van der Waals surface area contributed by atoms with Gasteiger partial charge in [0.2, 0.25) is 0 Å². The summed E-state index contributed by atoms with van der Waals surface area (Å²) in [6, 6.07) is 8.67. The molecule has 15 heavy (non-hydrogen) atoms. The number of hydrogen-bond acceptors (Lipinski definition) is 2. The van der Waals surface area contributed by atoms with E-state index >= 15 is 0 Å². The second-order valence-corrected chi connectivity index (χ2v) is 5.83. The molecular weight excluding hydrogens is 202 g/mol. The number of fused-ring (bicyclic) bond motifs is 1. The number of hydrogen-bond donors (Lipinski definition) is 1. The predicted molar refractivity (Wildman–Crippen MR) is 68.4 cm³/mol. The van der Waals surface area contributed by atoms with Gasteiger partial charge >= 0.3 is 0 Å². The molecule has 0 spiro atoms. The van der Waals surface area contributed by atoms with Gasteiger partial charge in [-0.15, -0.1) is 0 Å². The zero-order chi connectivity index (χ0) is 10.7. The zero-order valence-electron chi connectivity index (χ0n) is 9.33. The number of thioether (sulfide) groups is 1. The molecule has 0 heterocycles. The number of rotatable bonds is 4. The smallest absolute Gasteiger partial charge is 0.0244 e. The van der Waals surface area contributed by atoms with E-state index in [-0.39, 0.29) is 5.54 Å². The van der Waals surface area contributed by atoms with Gasteiger partial charge in [-0.25, -0.2) is 0 Å². The highest BCUT2D eigenvalue weighted by Gasteiger charge is 2.32. The molecule has 0 aliphatic heterocycles. The lowest BCUT2D eigenvalue weighted by Crippen LogP contribution is -2.41. The van der Waals surface area contributed by atoms with Crippen LogP contribution in [0.5, 0.6) is 0 Å². The molecule has 82 valence electrons. The van der Waals surface area contributed by atoms with Crippen molar-refractivity contribution in [1.29, 1.82) is 0 Å². The van der Waals surface area contributed by atoms with Gasteiger partial charge in [0.05, 0.1) is 0 Å². The second kappa shape index (κ2) is 4.58. The summed E-state index contributed by atoms with van der Waals surface area (Å²) in [5, 5.41) is 0. The van der Waals surface area contributed by atoms with Crippen molar-refractivity contribution in [1.82, 2.24) is 0 Å². The molecule has 0 unspecified atom stereocenters. The fraction of sp³-hybridized carbons (Fsp3) is 0.538.